The van der Waals surface area contributed by atoms with Crippen molar-refractivity contribution in [1.82, 2.24) is 14.5 Å². The van der Waals surface area contributed by atoms with Crippen molar-refractivity contribution in [2.45, 2.75) is 36.6 Å². The molecule has 2 aromatic rings. The molecule has 170 valence electrons. The lowest BCUT2D eigenvalue weighted by atomic mass is 10.1. The molecule has 0 spiro atoms. The van der Waals surface area contributed by atoms with Gasteiger partial charge in [-0.25, -0.2) is 8.42 Å². The highest BCUT2D eigenvalue weighted by Crippen LogP contribution is 2.24. The van der Waals surface area contributed by atoms with Crippen molar-refractivity contribution >= 4 is 33.4 Å². The summed E-state index contributed by atoms with van der Waals surface area (Å²) >= 11 is 5.92. The summed E-state index contributed by atoms with van der Waals surface area (Å²) in [5.74, 6) is -0.415. The summed E-state index contributed by atoms with van der Waals surface area (Å²) in [7, 11) is -3.88. The minimum absolute atomic E-state index is 0.00680. The van der Waals surface area contributed by atoms with Crippen LogP contribution in [0.4, 0.5) is 0 Å². The number of rotatable bonds is 6. The molecule has 1 atom stereocenters. The Balaban J connectivity index is 1.42. The van der Waals surface area contributed by atoms with E-state index in [1.54, 1.807) is 29.2 Å². The van der Waals surface area contributed by atoms with Crippen LogP contribution in [-0.4, -0.2) is 62.3 Å². The first-order valence-corrected chi connectivity index (χ1v) is 12.6. The molecule has 9 heteroatoms. The standard InChI is InChI=1S/C23H26ClN3O4S/c24-19-9-5-17(6-10-19)18-7-11-20(12-8-18)32(30,31)25-21-4-3-15-27(23(21)29)16-22(28)26-13-1-2-14-26/h5-12,21,25H,1-4,13-16H2. The zero-order valence-corrected chi connectivity index (χ0v) is 19.2. The smallest absolute Gasteiger partial charge is 0.242 e. The zero-order chi connectivity index (χ0) is 22.7. The third-order valence-electron chi connectivity index (χ3n) is 5.96. The Labute approximate surface area is 193 Å². The third kappa shape index (κ3) is 5.14. The van der Waals surface area contributed by atoms with Crippen LogP contribution in [0.25, 0.3) is 11.1 Å². The highest BCUT2D eigenvalue weighted by Gasteiger charge is 2.34. The first-order valence-electron chi connectivity index (χ1n) is 10.8. The number of sulfonamides is 1. The van der Waals surface area contributed by atoms with Gasteiger partial charge >= 0.3 is 0 Å². The van der Waals surface area contributed by atoms with Crippen LogP contribution in [0.15, 0.2) is 53.4 Å². The largest absolute Gasteiger partial charge is 0.341 e. The molecule has 4 rings (SSSR count). The third-order valence-corrected chi connectivity index (χ3v) is 7.69. The first-order chi connectivity index (χ1) is 15.3. The lowest BCUT2D eigenvalue weighted by molar-refractivity contribution is -0.142. The molecule has 0 radical (unpaired) electrons. The van der Waals surface area contributed by atoms with Crippen molar-refractivity contribution in [3.8, 4) is 11.1 Å². The van der Waals surface area contributed by atoms with Crippen molar-refractivity contribution < 1.29 is 18.0 Å². The molecule has 0 bridgehead atoms. The Kier molecular flexibility index (Phi) is 6.83. The van der Waals surface area contributed by atoms with Gasteiger partial charge in [0.05, 0.1) is 11.4 Å². The Morgan fingerprint density at radius 1 is 0.938 bits per heavy atom. The maximum atomic E-state index is 12.9. The van der Waals surface area contributed by atoms with Gasteiger partial charge in [0, 0.05) is 24.7 Å². The second-order valence-corrected chi connectivity index (χ2v) is 10.3. The number of hydrogen-bond acceptors (Lipinski definition) is 4. The first kappa shape index (κ1) is 22.8. The van der Waals surface area contributed by atoms with E-state index in [0.717, 1.165) is 37.1 Å². The molecule has 0 aliphatic carbocycles. The molecule has 0 aromatic heterocycles. The van der Waals surface area contributed by atoms with E-state index in [2.05, 4.69) is 4.72 Å². The van der Waals surface area contributed by atoms with Crippen LogP contribution in [0.5, 0.6) is 0 Å². The zero-order valence-electron chi connectivity index (χ0n) is 17.7. The number of carbonyl (C=O) groups is 2. The van der Waals surface area contributed by atoms with Crippen LogP contribution in [0.2, 0.25) is 5.02 Å². The lowest BCUT2D eigenvalue weighted by Gasteiger charge is -2.33. The van der Waals surface area contributed by atoms with Crippen molar-refractivity contribution in [1.29, 1.82) is 0 Å². The second-order valence-electron chi connectivity index (χ2n) is 8.20. The van der Waals surface area contributed by atoms with Gasteiger partial charge in [0.1, 0.15) is 6.04 Å². The molecule has 2 aliphatic heterocycles. The fraction of sp³-hybridized carbons (Fsp3) is 0.391. The van der Waals surface area contributed by atoms with Crippen LogP contribution < -0.4 is 4.72 Å². The second kappa shape index (κ2) is 9.60. The van der Waals surface area contributed by atoms with Crippen molar-refractivity contribution in [2.24, 2.45) is 0 Å². The minimum Gasteiger partial charge on any atom is -0.341 e. The fourth-order valence-corrected chi connectivity index (χ4v) is 5.51. The molecule has 1 unspecified atom stereocenters. The number of carbonyl (C=O) groups excluding carboxylic acids is 2. The van der Waals surface area contributed by atoms with Gasteiger partial charge in [-0.2, -0.15) is 4.72 Å². The molecule has 2 saturated heterocycles. The van der Waals surface area contributed by atoms with Gasteiger partial charge in [0.15, 0.2) is 0 Å². The van der Waals surface area contributed by atoms with Crippen LogP contribution in [0, 0.1) is 0 Å². The summed E-state index contributed by atoms with van der Waals surface area (Å²) in [5.41, 5.74) is 1.79. The van der Waals surface area contributed by atoms with E-state index in [1.165, 1.54) is 17.0 Å². The number of likely N-dealkylation sites (tertiary alicyclic amines) is 2. The average Bonchev–Trinajstić information content (AvgIpc) is 3.32. The summed E-state index contributed by atoms with van der Waals surface area (Å²) in [5, 5.41) is 0.630. The van der Waals surface area contributed by atoms with Gasteiger partial charge in [-0.05, 0) is 61.1 Å². The predicted octanol–water partition coefficient (Wildman–Crippen LogP) is 2.90. The summed E-state index contributed by atoms with van der Waals surface area (Å²) in [6.45, 7) is 1.92. The SMILES string of the molecule is O=C(CN1CCCC(NS(=O)(=O)c2ccc(-c3ccc(Cl)cc3)cc2)C1=O)N1CCCC1. The van der Waals surface area contributed by atoms with Crippen molar-refractivity contribution in [2.75, 3.05) is 26.2 Å². The van der Waals surface area contributed by atoms with E-state index >= 15 is 0 Å². The molecule has 32 heavy (non-hydrogen) atoms. The number of nitrogens with zero attached hydrogens (tertiary/aromatic N) is 2. The van der Waals surface area contributed by atoms with Crippen molar-refractivity contribution in [3.63, 3.8) is 0 Å². The summed E-state index contributed by atoms with van der Waals surface area (Å²) in [6, 6.07) is 12.9. The quantitative estimate of drug-likeness (QED) is 0.696. The molecule has 7 nitrogen and oxygen atoms in total. The molecular formula is C23H26ClN3O4S. The predicted molar refractivity (Wildman–Crippen MR) is 123 cm³/mol. The number of benzene rings is 2. The van der Waals surface area contributed by atoms with Crippen molar-refractivity contribution in [3.05, 3.63) is 53.6 Å². The molecular weight excluding hydrogens is 450 g/mol. The van der Waals surface area contributed by atoms with Crippen LogP contribution >= 0.6 is 11.6 Å². The van der Waals surface area contributed by atoms with E-state index in [-0.39, 0.29) is 23.3 Å². The highest BCUT2D eigenvalue weighted by atomic mass is 35.5. The van der Waals surface area contributed by atoms with Gasteiger partial charge in [-0.1, -0.05) is 35.9 Å². The number of nitrogens with one attached hydrogen (secondary N) is 1. The van der Waals surface area contributed by atoms with E-state index in [4.69, 9.17) is 11.6 Å². The lowest BCUT2D eigenvalue weighted by Crippen LogP contribution is -2.54. The summed E-state index contributed by atoms with van der Waals surface area (Å²) < 4.78 is 28.3. The normalized spacial score (nSPS) is 19.4. The van der Waals surface area contributed by atoms with Crippen LogP contribution in [0.1, 0.15) is 25.7 Å². The van der Waals surface area contributed by atoms with Gasteiger partial charge in [0.25, 0.3) is 0 Å². The Morgan fingerprint density at radius 3 is 2.16 bits per heavy atom. The molecule has 2 fully saturated rings. The minimum atomic E-state index is -3.88. The molecule has 2 heterocycles. The number of piperidine rings is 1. The molecule has 0 saturated carbocycles. The average molecular weight is 476 g/mol. The highest BCUT2D eigenvalue weighted by molar-refractivity contribution is 7.89. The molecule has 2 amide bonds. The fourth-order valence-electron chi connectivity index (χ4n) is 4.16. The van der Waals surface area contributed by atoms with E-state index in [0.29, 0.717) is 24.4 Å². The number of amides is 2. The summed E-state index contributed by atoms with van der Waals surface area (Å²) in [4.78, 5) is 28.6. The molecule has 1 N–H and O–H groups in total. The number of hydrogen-bond donors (Lipinski definition) is 1. The van der Waals surface area contributed by atoms with Gasteiger partial charge in [-0.3, -0.25) is 9.59 Å². The molecule has 2 aromatic carbocycles. The monoisotopic (exact) mass is 475 g/mol. The van der Waals surface area contributed by atoms with Gasteiger partial charge < -0.3 is 9.80 Å². The number of halogens is 1. The van der Waals surface area contributed by atoms with Crippen LogP contribution in [-0.2, 0) is 19.6 Å². The van der Waals surface area contributed by atoms with Gasteiger partial charge in [0.2, 0.25) is 21.8 Å². The Morgan fingerprint density at radius 2 is 1.53 bits per heavy atom. The Hall–Kier alpha value is -2.42. The topological polar surface area (TPSA) is 86.8 Å². The molecule has 2 aliphatic rings. The Bertz CT molecular complexity index is 1080. The van der Waals surface area contributed by atoms with E-state index in [1.807, 2.05) is 12.1 Å². The van der Waals surface area contributed by atoms with E-state index < -0.39 is 16.1 Å². The van der Waals surface area contributed by atoms with Crippen LogP contribution in [0.3, 0.4) is 0 Å². The van der Waals surface area contributed by atoms with E-state index in [9.17, 15) is 18.0 Å². The van der Waals surface area contributed by atoms with Gasteiger partial charge in [-0.15, -0.1) is 0 Å². The summed E-state index contributed by atoms with van der Waals surface area (Å²) in [6.07, 6.45) is 3.02. The maximum absolute atomic E-state index is 12.9. The maximum Gasteiger partial charge on any atom is 0.242 e.